The summed E-state index contributed by atoms with van der Waals surface area (Å²) in [4.78, 5) is 12.6. The second-order valence-corrected chi connectivity index (χ2v) is 9.12. The van der Waals surface area contributed by atoms with E-state index in [9.17, 15) is 13.2 Å². The minimum absolute atomic E-state index is 0.209. The van der Waals surface area contributed by atoms with Crippen molar-refractivity contribution in [2.24, 2.45) is 0 Å². The molecule has 0 fully saturated rings. The van der Waals surface area contributed by atoms with Crippen LogP contribution in [0.25, 0.3) is 0 Å². The number of hydrogen-bond acceptors (Lipinski definition) is 3. The van der Waals surface area contributed by atoms with Crippen LogP contribution in [-0.2, 0) is 14.8 Å². The van der Waals surface area contributed by atoms with Crippen molar-refractivity contribution in [2.75, 3.05) is 17.1 Å². The zero-order valence-electron chi connectivity index (χ0n) is 16.8. The van der Waals surface area contributed by atoms with E-state index in [1.165, 1.54) is 4.31 Å². The van der Waals surface area contributed by atoms with Gasteiger partial charge < -0.3 is 5.32 Å². The highest BCUT2D eigenvalue weighted by atomic mass is 32.2. The van der Waals surface area contributed by atoms with Gasteiger partial charge in [0.1, 0.15) is 6.54 Å². The first-order chi connectivity index (χ1) is 12.5. The Morgan fingerprint density at radius 1 is 1.00 bits per heavy atom. The molecule has 5 nitrogen and oxygen atoms in total. The van der Waals surface area contributed by atoms with Crippen LogP contribution in [0.1, 0.15) is 40.8 Å². The van der Waals surface area contributed by atoms with Gasteiger partial charge >= 0.3 is 0 Å². The Labute approximate surface area is 162 Å². The fraction of sp³-hybridized carbons (Fsp3) is 0.381. The maximum absolute atomic E-state index is 12.6. The summed E-state index contributed by atoms with van der Waals surface area (Å²) >= 11 is 0. The predicted octanol–water partition coefficient (Wildman–Crippen LogP) is 3.56. The number of hydrogen-bond donors (Lipinski definition) is 1. The van der Waals surface area contributed by atoms with Gasteiger partial charge in [0.25, 0.3) is 0 Å². The Morgan fingerprint density at radius 2 is 1.52 bits per heavy atom. The lowest BCUT2D eigenvalue weighted by atomic mass is 10.0. The third-order valence-electron chi connectivity index (χ3n) is 4.53. The van der Waals surface area contributed by atoms with Crippen LogP contribution in [0.15, 0.2) is 36.4 Å². The van der Waals surface area contributed by atoms with Gasteiger partial charge in [-0.25, -0.2) is 8.42 Å². The second kappa shape index (κ2) is 8.13. The first-order valence-corrected chi connectivity index (χ1v) is 10.8. The van der Waals surface area contributed by atoms with E-state index in [1.54, 1.807) is 0 Å². The SMILES string of the molecule is Cc1ccc(C(C)NC(=O)CN(c2c(C)cc(C)cc2C)S(C)(=O)=O)cc1. The summed E-state index contributed by atoms with van der Waals surface area (Å²) in [6.07, 6.45) is 1.13. The van der Waals surface area contributed by atoms with Gasteiger partial charge in [0.2, 0.25) is 15.9 Å². The third kappa shape index (κ3) is 5.32. The van der Waals surface area contributed by atoms with Crippen LogP contribution >= 0.6 is 0 Å². The van der Waals surface area contributed by atoms with Gasteiger partial charge in [-0.05, 0) is 51.3 Å². The van der Waals surface area contributed by atoms with Gasteiger partial charge in [-0.2, -0.15) is 0 Å². The van der Waals surface area contributed by atoms with E-state index in [1.807, 2.05) is 71.0 Å². The van der Waals surface area contributed by atoms with Gasteiger partial charge in [-0.15, -0.1) is 0 Å². The Bertz CT molecular complexity index is 911. The molecule has 0 bridgehead atoms. The van der Waals surface area contributed by atoms with Crippen LogP contribution in [0.3, 0.4) is 0 Å². The lowest BCUT2D eigenvalue weighted by molar-refractivity contribution is -0.120. The standard InChI is InChI=1S/C21H28N2O3S/c1-14-7-9-19(10-8-14)18(5)22-20(24)13-23(27(6,25)26)21-16(3)11-15(2)12-17(21)4/h7-12,18H,13H2,1-6H3,(H,22,24). The minimum Gasteiger partial charge on any atom is -0.348 e. The molecule has 0 spiro atoms. The normalized spacial score (nSPS) is 12.5. The number of nitrogens with one attached hydrogen (secondary N) is 1. The van der Waals surface area contributed by atoms with Crippen LogP contribution in [0.2, 0.25) is 0 Å². The van der Waals surface area contributed by atoms with Crippen LogP contribution < -0.4 is 9.62 Å². The molecule has 1 amide bonds. The van der Waals surface area contributed by atoms with Crippen molar-refractivity contribution in [1.29, 1.82) is 0 Å². The van der Waals surface area contributed by atoms with Crippen molar-refractivity contribution < 1.29 is 13.2 Å². The number of aryl methyl sites for hydroxylation is 4. The summed E-state index contributed by atoms with van der Waals surface area (Å²) in [6, 6.07) is 11.5. The van der Waals surface area contributed by atoms with E-state index in [2.05, 4.69) is 5.32 Å². The fourth-order valence-electron chi connectivity index (χ4n) is 3.28. The van der Waals surface area contributed by atoms with Crippen molar-refractivity contribution in [3.05, 3.63) is 64.2 Å². The topological polar surface area (TPSA) is 66.5 Å². The molecule has 0 aliphatic rings. The average Bonchev–Trinajstić information content (AvgIpc) is 2.52. The maximum atomic E-state index is 12.6. The minimum atomic E-state index is -3.60. The van der Waals surface area contributed by atoms with E-state index in [0.29, 0.717) is 5.69 Å². The van der Waals surface area contributed by atoms with E-state index >= 15 is 0 Å². The molecule has 2 rings (SSSR count). The van der Waals surface area contributed by atoms with E-state index in [0.717, 1.165) is 34.1 Å². The maximum Gasteiger partial charge on any atom is 0.241 e. The lowest BCUT2D eigenvalue weighted by Crippen LogP contribution is -2.41. The molecule has 0 aliphatic carbocycles. The average molecular weight is 389 g/mol. The van der Waals surface area contributed by atoms with E-state index in [-0.39, 0.29) is 18.5 Å². The van der Waals surface area contributed by atoms with Crippen LogP contribution in [0.5, 0.6) is 0 Å². The largest absolute Gasteiger partial charge is 0.348 e. The Morgan fingerprint density at radius 3 is 2.00 bits per heavy atom. The van der Waals surface area contributed by atoms with Crippen LogP contribution in [-0.4, -0.2) is 27.1 Å². The molecule has 0 aliphatic heterocycles. The number of carbonyl (C=O) groups is 1. The Kier molecular flexibility index (Phi) is 6.31. The van der Waals surface area contributed by atoms with Gasteiger partial charge in [0.15, 0.2) is 0 Å². The highest BCUT2D eigenvalue weighted by molar-refractivity contribution is 7.92. The summed E-state index contributed by atoms with van der Waals surface area (Å²) < 4.78 is 26.0. The molecule has 1 atom stereocenters. The molecule has 2 aromatic carbocycles. The summed E-state index contributed by atoms with van der Waals surface area (Å²) in [6.45, 7) is 9.32. The smallest absolute Gasteiger partial charge is 0.241 e. The van der Waals surface area contributed by atoms with Crippen LogP contribution in [0, 0.1) is 27.7 Å². The van der Waals surface area contributed by atoms with E-state index in [4.69, 9.17) is 0 Å². The molecule has 0 heterocycles. The number of nitrogens with zero attached hydrogens (tertiary/aromatic N) is 1. The lowest BCUT2D eigenvalue weighted by Gasteiger charge is -2.26. The predicted molar refractivity (Wildman–Crippen MR) is 111 cm³/mol. The molecule has 0 saturated carbocycles. The molecular formula is C21H28N2O3S. The number of sulfonamides is 1. The van der Waals surface area contributed by atoms with E-state index < -0.39 is 10.0 Å². The summed E-state index contributed by atoms with van der Waals surface area (Å²) in [5, 5.41) is 2.89. The quantitative estimate of drug-likeness (QED) is 0.823. The molecule has 27 heavy (non-hydrogen) atoms. The van der Waals surface area contributed by atoms with Crippen LogP contribution in [0.4, 0.5) is 5.69 Å². The van der Waals surface area contributed by atoms with Gasteiger partial charge in [0.05, 0.1) is 18.0 Å². The number of amides is 1. The third-order valence-corrected chi connectivity index (χ3v) is 5.64. The first-order valence-electron chi connectivity index (χ1n) is 8.90. The summed E-state index contributed by atoms with van der Waals surface area (Å²) in [5.74, 6) is -0.340. The molecule has 146 valence electrons. The number of benzene rings is 2. The van der Waals surface area contributed by atoms with Crippen molar-refractivity contribution in [3.8, 4) is 0 Å². The van der Waals surface area contributed by atoms with Gasteiger partial charge in [0, 0.05) is 0 Å². The molecule has 0 aromatic heterocycles. The molecule has 0 saturated heterocycles. The molecule has 1 unspecified atom stereocenters. The number of carbonyl (C=O) groups excluding carboxylic acids is 1. The van der Waals surface area contributed by atoms with Crippen molar-refractivity contribution in [2.45, 2.75) is 40.7 Å². The highest BCUT2D eigenvalue weighted by Crippen LogP contribution is 2.28. The molecule has 2 aromatic rings. The first kappa shape index (κ1) is 21.0. The van der Waals surface area contributed by atoms with Crippen molar-refractivity contribution in [1.82, 2.24) is 5.32 Å². The molecule has 0 radical (unpaired) electrons. The summed E-state index contributed by atoms with van der Waals surface area (Å²) in [5.41, 5.74) is 5.41. The second-order valence-electron chi connectivity index (χ2n) is 7.22. The fourth-order valence-corrected chi connectivity index (χ4v) is 4.26. The Hall–Kier alpha value is -2.34. The number of rotatable bonds is 6. The zero-order valence-corrected chi connectivity index (χ0v) is 17.6. The monoisotopic (exact) mass is 388 g/mol. The highest BCUT2D eigenvalue weighted by Gasteiger charge is 2.24. The Balaban J connectivity index is 2.25. The van der Waals surface area contributed by atoms with Gasteiger partial charge in [-0.1, -0.05) is 47.5 Å². The zero-order chi connectivity index (χ0) is 20.4. The number of anilines is 1. The summed E-state index contributed by atoms with van der Waals surface area (Å²) in [7, 11) is -3.60. The van der Waals surface area contributed by atoms with Crippen molar-refractivity contribution >= 4 is 21.6 Å². The molecule has 1 N–H and O–H groups in total. The molecular weight excluding hydrogens is 360 g/mol. The molecule has 6 heteroatoms. The van der Waals surface area contributed by atoms with Gasteiger partial charge in [-0.3, -0.25) is 9.10 Å². The van der Waals surface area contributed by atoms with Crippen molar-refractivity contribution in [3.63, 3.8) is 0 Å².